The van der Waals surface area contributed by atoms with E-state index in [0.29, 0.717) is 0 Å². The Morgan fingerprint density at radius 3 is 2.28 bits per heavy atom. The van der Waals surface area contributed by atoms with E-state index in [9.17, 15) is 0 Å². The lowest BCUT2D eigenvalue weighted by Crippen LogP contribution is -2.20. The molecule has 1 unspecified atom stereocenters. The monoisotopic (exact) mass is 268 g/mol. The van der Waals surface area contributed by atoms with Crippen molar-refractivity contribution in [2.75, 3.05) is 0 Å². The molecule has 0 aliphatic heterocycles. The van der Waals surface area contributed by atoms with E-state index in [1.807, 2.05) is 12.1 Å². The maximum atomic E-state index is 8.56. The van der Waals surface area contributed by atoms with Crippen molar-refractivity contribution in [1.29, 1.82) is 0 Å². The Balaban J connectivity index is 0.000000357. The van der Waals surface area contributed by atoms with Gasteiger partial charge in [0, 0.05) is 10.4 Å². The summed E-state index contributed by atoms with van der Waals surface area (Å²) in [7, 11) is 0. The van der Waals surface area contributed by atoms with Gasteiger partial charge in [0.2, 0.25) is 0 Å². The highest BCUT2D eigenvalue weighted by Crippen LogP contribution is 2.34. The summed E-state index contributed by atoms with van der Waals surface area (Å²) in [5.41, 5.74) is 1.60. The van der Waals surface area contributed by atoms with Gasteiger partial charge in [-0.2, -0.15) is 0 Å². The predicted molar refractivity (Wildman–Crippen MR) is 72.4 cm³/mol. The summed E-state index contributed by atoms with van der Waals surface area (Å²) >= 11 is 5.88. The van der Waals surface area contributed by atoms with Crippen LogP contribution in [0.15, 0.2) is 36.4 Å². The SMILES string of the molecule is CC1(c2ccc(Cl)cc2)C=CCCC1.O=C(O)O. The number of halogens is 1. The van der Waals surface area contributed by atoms with E-state index < -0.39 is 6.16 Å². The molecule has 4 heteroatoms. The molecule has 1 aliphatic rings. The summed E-state index contributed by atoms with van der Waals surface area (Å²) in [5, 5.41) is 14.8. The first kappa shape index (κ1) is 14.6. The summed E-state index contributed by atoms with van der Waals surface area (Å²) in [6.45, 7) is 2.30. The molecule has 1 aromatic rings. The van der Waals surface area contributed by atoms with Gasteiger partial charge in [-0.15, -0.1) is 0 Å². The van der Waals surface area contributed by atoms with Gasteiger partial charge in [0.15, 0.2) is 0 Å². The van der Waals surface area contributed by atoms with Crippen molar-refractivity contribution >= 4 is 17.8 Å². The van der Waals surface area contributed by atoms with E-state index in [2.05, 4.69) is 31.2 Å². The van der Waals surface area contributed by atoms with Crippen LogP contribution in [0.1, 0.15) is 31.7 Å². The maximum Gasteiger partial charge on any atom is 0.503 e. The van der Waals surface area contributed by atoms with Crippen LogP contribution in [0.5, 0.6) is 0 Å². The molecule has 0 aromatic heterocycles. The molecule has 18 heavy (non-hydrogen) atoms. The zero-order chi connectivity index (χ0) is 13.6. The molecule has 0 amide bonds. The first-order chi connectivity index (χ1) is 8.44. The molecule has 3 nitrogen and oxygen atoms in total. The number of hydrogen-bond donors (Lipinski definition) is 2. The molecule has 1 atom stereocenters. The van der Waals surface area contributed by atoms with Crippen LogP contribution >= 0.6 is 11.6 Å². The minimum absolute atomic E-state index is 0.225. The number of rotatable bonds is 1. The van der Waals surface area contributed by atoms with Gasteiger partial charge in [0.1, 0.15) is 0 Å². The minimum Gasteiger partial charge on any atom is -0.450 e. The highest BCUT2D eigenvalue weighted by molar-refractivity contribution is 6.30. The fraction of sp³-hybridized carbons (Fsp3) is 0.357. The molecule has 0 saturated heterocycles. The third-order valence-electron chi connectivity index (χ3n) is 3.06. The van der Waals surface area contributed by atoms with E-state index in [1.165, 1.54) is 24.8 Å². The lowest BCUT2D eigenvalue weighted by molar-refractivity contribution is 0.137. The molecule has 0 saturated carbocycles. The second kappa shape index (κ2) is 6.45. The van der Waals surface area contributed by atoms with Crippen LogP contribution < -0.4 is 0 Å². The fourth-order valence-corrected chi connectivity index (χ4v) is 2.21. The first-order valence-corrected chi connectivity index (χ1v) is 6.17. The first-order valence-electron chi connectivity index (χ1n) is 5.80. The van der Waals surface area contributed by atoms with Crippen molar-refractivity contribution in [3.8, 4) is 0 Å². The second-order valence-electron chi connectivity index (χ2n) is 4.50. The Labute approximate surface area is 112 Å². The molecule has 2 rings (SSSR count). The molecular weight excluding hydrogens is 252 g/mol. The van der Waals surface area contributed by atoms with Crippen molar-refractivity contribution in [3.05, 3.63) is 47.0 Å². The summed E-state index contributed by atoms with van der Waals surface area (Å²) in [6.07, 6.45) is 6.54. The number of carbonyl (C=O) groups is 1. The van der Waals surface area contributed by atoms with Crippen LogP contribution in [0.4, 0.5) is 4.79 Å². The lowest BCUT2D eigenvalue weighted by Gasteiger charge is -2.29. The molecule has 1 aromatic carbocycles. The molecule has 0 radical (unpaired) electrons. The van der Waals surface area contributed by atoms with Crippen LogP contribution in [-0.2, 0) is 5.41 Å². The smallest absolute Gasteiger partial charge is 0.450 e. The van der Waals surface area contributed by atoms with E-state index >= 15 is 0 Å². The van der Waals surface area contributed by atoms with E-state index in [-0.39, 0.29) is 5.41 Å². The Kier molecular flexibility index (Phi) is 5.23. The zero-order valence-electron chi connectivity index (χ0n) is 10.3. The van der Waals surface area contributed by atoms with E-state index in [0.717, 1.165) is 5.02 Å². The molecule has 2 N–H and O–H groups in total. The van der Waals surface area contributed by atoms with Gasteiger partial charge in [-0.1, -0.05) is 42.8 Å². The van der Waals surface area contributed by atoms with Crippen LogP contribution in [0, 0.1) is 0 Å². The third kappa shape index (κ3) is 4.41. The quantitative estimate of drug-likeness (QED) is 0.734. The molecule has 1 aliphatic carbocycles. The van der Waals surface area contributed by atoms with Gasteiger partial charge >= 0.3 is 6.16 Å². The van der Waals surface area contributed by atoms with Gasteiger partial charge in [0.05, 0.1) is 0 Å². The summed E-state index contributed by atoms with van der Waals surface area (Å²) < 4.78 is 0. The van der Waals surface area contributed by atoms with Crippen molar-refractivity contribution in [3.63, 3.8) is 0 Å². The van der Waals surface area contributed by atoms with Crippen molar-refractivity contribution < 1.29 is 15.0 Å². The number of benzene rings is 1. The maximum absolute atomic E-state index is 8.56. The van der Waals surface area contributed by atoms with Gasteiger partial charge in [-0.25, -0.2) is 4.79 Å². The third-order valence-corrected chi connectivity index (χ3v) is 3.31. The van der Waals surface area contributed by atoms with Gasteiger partial charge in [-0.05, 0) is 37.0 Å². The van der Waals surface area contributed by atoms with Crippen LogP contribution in [0.2, 0.25) is 5.02 Å². The summed E-state index contributed by atoms with van der Waals surface area (Å²) in [5.74, 6) is 0. The van der Waals surface area contributed by atoms with Crippen molar-refractivity contribution in [2.24, 2.45) is 0 Å². The Hall–Kier alpha value is -1.48. The van der Waals surface area contributed by atoms with Gasteiger partial charge < -0.3 is 10.2 Å². The van der Waals surface area contributed by atoms with Crippen LogP contribution in [-0.4, -0.2) is 16.4 Å². The molecular formula is C14H17ClO3. The summed E-state index contributed by atoms with van der Waals surface area (Å²) in [4.78, 5) is 8.56. The number of allylic oxidation sites excluding steroid dienone is 2. The molecule has 0 bridgehead atoms. The summed E-state index contributed by atoms with van der Waals surface area (Å²) in [6, 6.07) is 8.23. The van der Waals surface area contributed by atoms with Crippen LogP contribution in [0.3, 0.4) is 0 Å². The molecule has 0 spiro atoms. The van der Waals surface area contributed by atoms with E-state index in [4.69, 9.17) is 26.6 Å². The highest BCUT2D eigenvalue weighted by atomic mass is 35.5. The Morgan fingerprint density at radius 2 is 1.83 bits per heavy atom. The normalized spacial score (nSPS) is 21.9. The van der Waals surface area contributed by atoms with Crippen molar-refractivity contribution in [1.82, 2.24) is 0 Å². The van der Waals surface area contributed by atoms with Crippen molar-refractivity contribution in [2.45, 2.75) is 31.6 Å². The second-order valence-corrected chi connectivity index (χ2v) is 4.94. The standard InChI is InChI=1S/C13H15Cl.CH2O3/c1-13(9-3-2-4-10-13)11-5-7-12(14)8-6-11;2-1(3)4/h3,5-9H,2,4,10H2,1H3;(H2,2,3,4). The van der Waals surface area contributed by atoms with Gasteiger partial charge in [0.25, 0.3) is 0 Å². The van der Waals surface area contributed by atoms with Gasteiger partial charge in [-0.3, -0.25) is 0 Å². The highest BCUT2D eigenvalue weighted by Gasteiger charge is 2.24. The molecule has 98 valence electrons. The number of carboxylic acid groups (broad SMARTS) is 2. The van der Waals surface area contributed by atoms with E-state index in [1.54, 1.807) is 0 Å². The number of hydrogen-bond acceptors (Lipinski definition) is 1. The minimum atomic E-state index is -1.83. The topological polar surface area (TPSA) is 57.5 Å². The average Bonchev–Trinajstić information content (AvgIpc) is 2.30. The fourth-order valence-electron chi connectivity index (χ4n) is 2.09. The largest absolute Gasteiger partial charge is 0.503 e. The average molecular weight is 269 g/mol. The zero-order valence-corrected chi connectivity index (χ0v) is 11.0. The van der Waals surface area contributed by atoms with Crippen LogP contribution in [0.25, 0.3) is 0 Å². The Bertz CT molecular complexity index is 421. The molecule has 0 heterocycles. The lowest BCUT2D eigenvalue weighted by atomic mass is 9.75. The Morgan fingerprint density at radius 1 is 1.28 bits per heavy atom. The molecule has 0 fully saturated rings. The predicted octanol–water partition coefficient (Wildman–Crippen LogP) is 4.56.